The average Bonchev–Trinajstić information content (AvgIpc) is 2.94. The summed E-state index contributed by atoms with van der Waals surface area (Å²) in [6.45, 7) is 3.58. The van der Waals surface area contributed by atoms with E-state index in [2.05, 4.69) is 18.5 Å². The van der Waals surface area contributed by atoms with Crippen molar-refractivity contribution < 1.29 is 0 Å². The summed E-state index contributed by atoms with van der Waals surface area (Å²) in [6.07, 6.45) is 8.02. The fourth-order valence-corrected chi connectivity index (χ4v) is 2.44. The minimum atomic E-state index is 0.642. The molecule has 0 aromatic heterocycles. The molecule has 12 heavy (non-hydrogen) atoms. The standard InChI is InChI=1S/C10H19NS/c1-8(9-3-4-9)11-7-10(12-2)5-6-10/h8-9,11H,3-7H2,1-2H3. The monoisotopic (exact) mass is 185 g/mol. The Morgan fingerprint density at radius 1 is 1.50 bits per heavy atom. The van der Waals surface area contributed by atoms with Gasteiger partial charge in [0, 0.05) is 17.3 Å². The normalized spacial score (nSPS) is 28.5. The van der Waals surface area contributed by atoms with Gasteiger partial charge in [-0.05, 0) is 44.8 Å². The Balaban J connectivity index is 1.67. The maximum absolute atomic E-state index is 3.68. The number of thioether (sulfide) groups is 1. The molecule has 70 valence electrons. The summed E-state index contributed by atoms with van der Waals surface area (Å²) in [5, 5.41) is 3.68. The highest BCUT2D eigenvalue weighted by Gasteiger charge is 2.42. The minimum absolute atomic E-state index is 0.642. The molecule has 0 radical (unpaired) electrons. The number of nitrogens with one attached hydrogen (secondary N) is 1. The molecule has 0 aromatic rings. The van der Waals surface area contributed by atoms with Crippen LogP contribution in [0.5, 0.6) is 0 Å². The lowest BCUT2D eigenvalue weighted by Gasteiger charge is -2.17. The zero-order valence-electron chi connectivity index (χ0n) is 8.10. The molecule has 2 aliphatic rings. The molecule has 0 heterocycles. The van der Waals surface area contributed by atoms with Crippen LogP contribution in [0.1, 0.15) is 32.6 Å². The van der Waals surface area contributed by atoms with Crippen molar-refractivity contribution in [3.05, 3.63) is 0 Å². The van der Waals surface area contributed by atoms with Crippen molar-refractivity contribution in [3.63, 3.8) is 0 Å². The second-order valence-electron chi connectivity index (χ2n) is 4.39. The van der Waals surface area contributed by atoms with Crippen LogP contribution >= 0.6 is 11.8 Å². The van der Waals surface area contributed by atoms with Gasteiger partial charge in [0.05, 0.1) is 0 Å². The molecule has 0 bridgehead atoms. The van der Waals surface area contributed by atoms with Gasteiger partial charge in [-0.25, -0.2) is 0 Å². The van der Waals surface area contributed by atoms with Crippen molar-refractivity contribution in [2.45, 2.75) is 43.4 Å². The fraction of sp³-hybridized carbons (Fsp3) is 1.00. The van der Waals surface area contributed by atoms with Gasteiger partial charge in [-0.15, -0.1) is 0 Å². The van der Waals surface area contributed by atoms with Crippen LogP contribution in [0.15, 0.2) is 0 Å². The Bertz CT molecular complexity index is 161. The first-order valence-corrected chi connectivity index (χ1v) is 6.27. The van der Waals surface area contributed by atoms with Crippen LogP contribution in [-0.4, -0.2) is 23.6 Å². The summed E-state index contributed by atoms with van der Waals surface area (Å²) in [7, 11) is 0. The van der Waals surface area contributed by atoms with Gasteiger partial charge in [0.1, 0.15) is 0 Å². The summed E-state index contributed by atoms with van der Waals surface area (Å²) >= 11 is 2.05. The molecule has 0 aromatic carbocycles. The lowest BCUT2D eigenvalue weighted by Crippen LogP contribution is -2.34. The lowest BCUT2D eigenvalue weighted by molar-refractivity contribution is 0.492. The van der Waals surface area contributed by atoms with E-state index < -0.39 is 0 Å². The number of hydrogen-bond donors (Lipinski definition) is 1. The molecule has 2 saturated carbocycles. The van der Waals surface area contributed by atoms with Crippen molar-refractivity contribution in [1.82, 2.24) is 5.32 Å². The second kappa shape index (κ2) is 3.22. The Morgan fingerprint density at radius 3 is 2.58 bits per heavy atom. The van der Waals surface area contributed by atoms with Crippen LogP contribution in [-0.2, 0) is 0 Å². The molecule has 1 N–H and O–H groups in total. The summed E-state index contributed by atoms with van der Waals surface area (Å²) in [5.41, 5.74) is 0. The highest BCUT2D eigenvalue weighted by atomic mass is 32.2. The fourth-order valence-electron chi connectivity index (χ4n) is 1.70. The van der Waals surface area contributed by atoms with E-state index in [4.69, 9.17) is 0 Å². The summed E-state index contributed by atoms with van der Waals surface area (Å²) in [4.78, 5) is 0. The first-order chi connectivity index (χ1) is 5.76. The summed E-state index contributed by atoms with van der Waals surface area (Å²) in [6, 6.07) is 0.773. The first-order valence-electron chi connectivity index (χ1n) is 5.04. The van der Waals surface area contributed by atoms with Crippen molar-refractivity contribution in [3.8, 4) is 0 Å². The average molecular weight is 185 g/mol. The minimum Gasteiger partial charge on any atom is -0.313 e. The van der Waals surface area contributed by atoms with E-state index in [1.807, 2.05) is 11.8 Å². The highest BCUT2D eigenvalue weighted by Crippen LogP contribution is 2.46. The van der Waals surface area contributed by atoms with Gasteiger partial charge in [0.15, 0.2) is 0 Å². The maximum Gasteiger partial charge on any atom is 0.0282 e. The molecule has 2 fully saturated rings. The molecular weight excluding hydrogens is 166 g/mol. The maximum atomic E-state index is 3.68. The van der Waals surface area contributed by atoms with E-state index in [-0.39, 0.29) is 0 Å². The molecule has 0 amide bonds. The Morgan fingerprint density at radius 2 is 2.17 bits per heavy atom. The van der Waals surface area contributed by atoms with Gasteiger partial charge in [-0.1, -0.05) is 0 Å². The molecule has 1 atom stereocenters. The van der Waals surface area contributed by atoms with Crippen LogP contribution in [0.4, 0.5) is 0 Å². The largest absolute Gasteiger partial charge is 0.313 e. The highest BCUT2D eigenvalue weighted by molar-refractivity contribution is 8.00. The van der Waals surface area contributed by atoms with E-state index in [0.717, 1.165) is 12.0 Å². The van der Waals surface area contributed by atoms with E-state index in [1.165, 1.54) is 32.2 Å². The SMILES string of the molecule is CSC1(CNC(C)C2CC2)CC1. The third kappa shape index (κ3) is 1.97. The predicted molar refractivity (Wildman–Crippen MR) is 55.7 cm³/mol. The molecule has 2 heteroatoms. The molecule has 1 nitrogen and oxygen atoms in total. The van der Waals surface area contributed by atoms with E-state index >= 15 is 0 Å². The topological polar surface area (TPSA) is 12.0 Å². The molecule has 0 aliphatic heterocycles. The van der Waals surface area contributed by atoms with Crippen LogP contribution in [0, 0.1) is 5.92 Å². The van der Waals surface area contributed by atoms with Gasteiger partial charge < -0.3 is 5.32 Å². The van der Waals surface area contributed by atoms with Crippen molar-refractivity contribution >= 4 is 11.8 Å². The van der Waals surface area contributed by atoms with Crippen LogP contribution < -0.4 is 5.32 Å². The van der Waals surface area contributed by atoms with Gasteiger partial charge in [-0.3, -0.25) is 0 Å². The van der Waals surface area contributed by atoms with Crippen molar-refractivity contribution in [1.29, 1.82) is 0 Å². The van der Waals surface area contributed by atoms with Crippen LogP contribution in [0.3, 0.4) is 0 Å². The van der Waals surface area contributed by atoms with Gasteiger partial charge >= 0.3 is 0 Å². The zero-order chi connectivity index (χ0) is 8.60. The summed E-state index contributed by atoms with van der Waals surface area (Å²) < 4.78 is 0.642. The second-order valence-corrected chi connectivity index (χ2v) is 5.67. The van der Waals surface area contributed by atoms with E-state index in [9.17, 15) is 0 Å². The van der Waals surface area contributed by atoms with Gasteiger partial charge in [0.2, 0.25) is 0 Å². The molecular formula is C10H19NS. The third-order valence-electron chi connectivity index (χ3n) is 3.32. The molecule has 2 rings (SSSR count). The molecule has 2 aliphatic carbocycles. The zero-order valence-corrected chi connectivity index (χ0v) is 8.91. The van der Waals surface area contributed by atoms with Crippen LogP contribution in [0.25, 0.3) is 0 Å². The molecule has 0 saturated heterocycles. The van der Waals surface area contributed by atoms with Crippen LogP contribution in [0.2, 0.25) is 0 Å². The quantitative estimate of drug-likeness (QED) is 0.705. The molecule has 1 unspecified atom stereocenters. The number of rotatable bonds is 5. The van der Waals surface area contributed by atoms with Crippen molar-refractivity contribution in [2.75, 3.05) is 12.8 Å². The predicted octanol–water partition coefficient (Wildman–Crippen LogP) is 2.27. The Labute approximate surface area is 79.7 Å². The third-order valence-corrected chi connectivity index (χ3v) is 4.73. The summed E-state index contributed by atoms with van der Waals surface area (Å²) in [5.74, 6) is 1.00. The Hall–Kier alpha value is 0.310. The van der Waals surface area contributed by atoms with Gasteiger partial charge in [0.25, 0.3) is 0 Å². The van der Waals surface area contributed by atoms with Crippen molar-refractivity contribution in [2.24, 2.45) is 5.92 Å². The van der Waals surface area contributed by atoms with Gasteiger partial charge in [-0.2, -0.15) is 11.8 Å². The first kappa shape index (κ1) is 8.89. The van der Waals surface area contributed by atoms with E-state index in [1.54, 1.807) is 0 Å². The molecule has 0 spiro atoms. The number of hydrogen-bond acceptors (Lipinski definition) is 2. The van der Waals surface area contributed by atoms with E-state index in [0.29, 0.717) is 4.75 Å². The lowest BCUT2D eigenvalue weighted by atomic mass is 10.2. The smallest absolute Gasteiger partial charge is 0.0282 e. The Kier molecular flexibility index (Phi) is 2.39.